The molecular weight excluding hydrogens is 236 g/mol. The molecule has 1 aromatic carbocycles. The minimum Gasteiger partial charge on any atom is -0.345 e. The van der Waals surface area contributed by atoms with E-state index < -0.39 is 0 Å². The van der Waals surface area contributed by atoms with Gasteiger partial charge in [0.05, 0.1) is 17.4 Å². The van der Waals surface area contributed by atoms with Gasteiger partial charge >= 0.3 is 0 Å². The molecule has 102 valence electrons. The lowest BCUT2D eigenvalue weighted by Crippen LogP contribution is -2.31. The quantitative estimate of drug-likeness (QED) is 0.787. The Morgan fingerprint density at radius 1 is 1.26 bits per heavy atom. The van der Waals surface area contributed by atoms with Crippen LogP contribution in [0.15, 0.2) is 24.5 Å². The van der Waals surface area contributed by atoms with E-state index in [4.69, 9.17) is 5.73 Å². The zero-order chi connectivity index (χ0) is 13.1. The van der Waals surface area contributed by atoms with Gasteiger partial charge in [-0.25, -0.2) is 4.98 Å². The van der Waals surface area contributed by atoms with E-state index in [2.05, 4.69) is 33.5 Å². The first-order valence-electron chi connectivity index (χ1n) is 7.19. The van der Waals surface area contributed by atoms with Crippen LogP contribution in [0, 0.1) is 5.92 Å². The van der Waals surface area contributed by atoms with Crippen molar-refractivity contribution >= 4 is 11.0 Å². The third-order valence-electron chi connectivity index (χ3n) is 4.14. The van der Waals surface area contributed by atoms with E-state index >= 15 is 0 Å². The molecule has 4 heteroatoms. The molecule has 0 aliphatic heterocycles. The Kier molecular flexibility index (Phi) is 3.80. The highest BCUT2D eigenvalue weighted by atomic mass is 14.9. The van der Waals surface area contributed by atoms with Crippen LogP contribution in [0.4, 0.5) is 0 Å². The van der Waals surface area contributed by atoms with Gasteiger partial charge in [-0.15, -0.1) is 0 Å². The van der Waals surface area contributed by atoms with Gasteiger partial charge in [-0.05, 0) is 55.8 Å². The zero-order valence-corrected chi connectivity index (χ0v) is 11.2. The van der Waals surface area contributed by atoms with Gasteiger partial charge in [0.1, 0.15) is 0 Å². The van der Waals surface area contributed by atoms with Crippen LogP contribution < -0.4 is 11.1 Å². The normalized spacial score (nSPS) is 23.8. The molecule has 0 atom stereocenters. The molecule has 1 aromatic heterocycles. The fourth-order valence-electron chi connectivity index (χ4n) is 2.91. The van der Waals surface area contributed by atoms with Crippen LogP contribution in [0.2, 0.25) is 0 Å². The van der Waals surface area contributed by atoms with Gasteiger partial charge in [0, 0.05) is 12.6 Å². The number of benzene rings is 1. The maximum absolute atomic E-state index is 5.93. The Hall–Kier alpha value is -1.39. The molecule has 1 saturated carbocycles. The number of hydrogen-bond donors (Lipinski definition) is 3. The highest BCUT2D eigenvalue weighted by molar-refractivity contribution is 5.74. The van der Waals surface area contributed by atoms with E-state index in [0.29, 0.717) is 6.04 Å². The Balaban J connectivity index is 1.49. The van der Waals surface area contributed by atoms with Crippen LogP contribution in [-0.4, -0.2) is 22.6 Å². The first kappa shape index (κ1) is 12.6. The molecule has 1 fully saturated rings. The summed E-state index contributed by atoms with van der Waals surface area (Å²) < 4.78 is 0. The second kappa shape index (κ2) is 5.72. The number of nitrogens with two attached hydrogens (primary N) is 1. The first-order chi connectivity index (χ1) is 9.31. The van der Waals surface area contributed by atoms with Gasteiger partial charge in [-0.1, -0.05) is 6.07 Å². The number of nitrogens with one attached hydrogen (secondary N) is 2. The number of hydrogen-bond acceptors (Lipinski definition) is 3. The van der Waals surface area contributed by atoms with Gasteiger partial charge in [-0.3, -0.25) is 0 Å². The Morgan fingerprint density at radius 3 is 2.95 bits per heavy atom. The summed E-state index contributed by atoms with van der Waals surface area (Å²) in [4.78, 5) is 7.38. The summed E-state index contributed by atoms with van der Waals surface area (Å²) in [6, 6.07) is 6.83. The summed E-state index contributed by atoms with van der Waals surface area (Å²) in [5.74, 6) is 0.802. The van der Waals surface area contributed by atoms with Crippen molar-refractivity contribution in [1.82, 2.24) is 15.3 Å². The first-order valence-corrected chi connectivity index (χ1v) is 7.19. The number of fused-ring (bicyclic) bond motifs is 1. The molecule has 0 spiro atoms. The van der Waals surface area contributed by atoms with Gasteiger partial charge < -0.3 is 16.0 Å². The highest BCUT2D eigenvalue weighted by Gasteiger charge is 2.17. The molecule has 19 heavy (non-hydrogen) atoms. The lowest BCUT2D eigenvalue weighted by molar-refractivity contribution is 0.314. The van der Waals surface area contributed by atoms with Crippen LogP contribution in [-0.2, 0) is 6.54 Å². The van der Waals surface area contributed by atoms with Crippen molar-refractivity contribution in [3.8, 4) is 0 Å². The predicted octanol–water partition coefficient (Wildman–Crippen LogP) is 2.17. The number of H-pyrrole nitrogens is 1. The summed E-state index contributed by atoms with van der Waals surface area (Å²) in [5, 5.41) is 3.57. The van der Waals surface area contributed by atoms with Crippen molar-refractivity contribution in [2.75, 3.05) is 6.54 Å². The van der Waals surface area contributed by atoms with Crippen LogP contribution in [0.3, 0.4) is 0 Å². The summed E-state index contributed by atoms with van der Waals surface area (Å²) in [7, 11) is 0. The maximum Gasteiger partial charge on any atom is 0.0931 e. The molecule has 3 rings (SSSR count). The van der Waals surface area contributed by atoms with E-state index in [1.807, 2.05) is 0 Å². The monoisotopic (exact) mass is 258 g/mol. The second-order valence-electron chi connectivity index (χ2n) is 5.67. The molecule has 0 bridgehead atoms. The van der Waals surface area contributed by atoms with Crippen molar-refractivity contribution in [2.24, 2.45) is 11.7 Å². The van der Waals surface area contributed by atoms with E-state index in [9.17, 15) is 0 Å². The average molecular weight is 258 g/mol. The Bertz CT molecular complexity index is 526. The fourth-order valence-corrected chi connectivity index (χ4v) is 2.91. The van der Waals surface area contributed by atoms with Gasteiger partial charge in [0.25, 0.3) is 0 Å². The molecule has 1 heterocycles. The number of nitrogens with zero attached hydrogens (tertiary/aromatic N) is 1. The summed E-state index contributed by atoms with van der Waals surface area (Å²) >= 11 is 0. The van der Waals surface area contributed by atoms with Crippen LogP contribution >= 0.6 is 0 Å². The van der Waals surface area contributed by atoms with Crippen LogP contribution in [0.25, 0.3) is 11.0 Å². The number of aromatic nitrogens is 2. The summed E-state index contributed by atoms with van der Waals surface area (Å²) in [6.45, 7) is 2.03. The van der Waals surface area contributed by atoms with Crippen molar-refractivity contribution in [3.63, 3.8) is 0 Å². The molecule has 0 unspecified atom stereocenters. The van der Waals surface area contributed by atoms with Crippen molar-refractivity contribution in [3.05, 3.63) is 30.1 Å². The molecule has 1 aliphatic rings. The molecule has 0 radical (unpaired) electrons. The van der Waals surface area contributed by atoms with Gasteiger partial charge in [0.2, 0.25) is 0 Å². The molecule has 0 amide bonds. The van der Waals surface area contributed by atoms with Crippen molar-refractivity contribution in [1.29, 1.82) is 0 Å². The second-order valence-corrected chi connectivity index (χ2v) is 5.67. The SMILES string of the molecule is NC1CCC(CNCc2ccc3nc[nH]c3c2)CC1. The summed E-state index contributed by atoms with van der Waals surface area (Å²) in [5.41, 5.74) is 9.39. The predicted molar refractivity (Wildman–Crippen MR) is 77.7 cm³/mol. The summed E-state index contributed by atoms with van der Waals surface area (Å²) in [6.07, 6.45) is 6.66. The van der Waals surface area contributed by atoms with Crippen molar-refractivity contribution < 1.29 is 0 Å². The van der Waals surface area contributed by atoms with E-state index in [-0.39, 0.29) is 0 Å². The lowest BCUT2D eigenvalue weighted by Gasteiger charge is -2.26. The minimum absolute atomic E-state index is 0.444. The number of rotatable bonds is 4. The minimum atomic E-state index is 0.444. The molecule has 4 nitrogen and oxygen atoms in total. The van der Waals surface area contributed by atoms with Crippen molar-refractivity contribution in [2.45, 2.75) is 38.3 Å². The highest BCUT2D eigenvalue weighted by Crippen LogP contribution is 2.22. The van der Waals surface area contributed by atoms with E-state index in [1.165, 1.54) is 31.2 Å². The molecule has 1 aliphatic carbocycles. The molecule has 4 N–H and O–H groups in total. The van der Waals surface area contributed by atoms with E-state index in [0.717, 1.165) is 30.0 Å². The van der Waals surface area contributed by atoms with Gasteiger partial charge in [-0.2, -0.15) is 0 Å². The Morgan fingerprint density at radius 2 is 2.11 bits per heavy atom. The molecule has 2 aromatic rings. The van der Waals surface area contributed by atoms with E-state index in [1.54, 1.807) is 6.33 Å². The maximum atomic E-state index is 5.93. The van der Waals surface area contributed by atoms with Crippen LogP contribution in [0.1, 0.15) is 31.2 Å². The fraction of sp³-hybridized carbons (Fsp3) is 0.533. The van der Waals surface area contributed by atoms with Gasteiger partial charge in [0.15, 0.2) is 0 Å². The standard InChI is InChI=1S/C15H22N4/c16-13-4-1-11(2-5-13)8-17-9-12-3-6-14-15(7-12)19-10-18-14/h3,6-7,10-11,13,17H,1-2,4-5,8-9,16H2,(H,18,19). The third kappa shape index (κ3) is 3.14. The molecular formula is C15H22N4. The smallest absolute Gasteiger partial charge is 0.0931 e. The molecule has 0 saturated heterocycles. The number of imidazole rings is 1. The third-order valence-corrected chi connectivity index (χ3v) is 4.14. The zero-order valence-electron chi connectivity index (χ0n) is 11.2. The van der Waals surface area contributed by atoms with Crippen LogP contribution in [0.5, 0.6) is 0 Å². The lowest BCUT2D eigenvalue weighted by atomic mass is 9.86. The number of aromatic amines is 1. The Labute approximate surface area is 113 Å². The average Bonchev–Trinajstić information content (AvgIpc) is 2.88. The topological polar surface area (TPSA) is 66.7 Å². The largest absolute Gasteiger partial charge is 0.345 e.